The molecule has 1 aliphatic rings. The largest absolute Gasteiger partial charge is 0.497 e. The number of anilines is 1. The molecule has 92 valence electrons. The van der Waals surface area contributed by atoms with Crippen molar-refractivity contribution in [1.82, 2.24) is 0 Å². The summed E-state index contributed by atoms with van der Waals surface area (Å²) in [6, 6.07) is 5.97. The third-order valence-electron chi connectivity index (χ3n) is 3.01. The molecule has 1 amide bonds. The molecular weight excluding hydrogens is 282 g/mol. The quantitative estimate of drug-likeness (QED) is 0.800. The number of rotatable bonds is 4. The van der Waals surface area contributed by atoms with Gasteiger partial charge in [-0.1, -0.05) is 22.0 Å². The van der Waals surface area contributed by atoms with Gasteiger partial charge in [-0.2, -0.15) is 0 Å². The third kappa shape index (κ3) is 2.63. The highest BCUT2D eigenvalue weighted by atomic mass is 79.9. The van der Waals surface area contributed by atoms with Gasteiger partial charge in [-0.3, -0.25) is 4.79 Å². The lowest BCUT2D eigenvalue weighted by Crippen LogP contribution is -2.36. The maximum atomic E-state index is 11.9. The number of ether oxygens (including phenoxy) is 1. The lowest BCUT2D eigenvalue weighted by molar-refractivity contribution is -0.118. The van der Waals surface area contributed by atoms with Crippen LogP contribution < -0.4 is 9.64 Å². The van der Waals surface area contributed by atoms with E-state index in [1.54, 1.807) is 7.11 Å². The van der Waals surface area contributed by atoms with E-state index in [1.165, 1.54) is 5.56 Å². The zero-order valence-corrected chi connectivity index (χ0v) is 11.5. The number of amides is 1. The standard InChI is InChI=1S/C13H16BrNO2/c1-17-11-5-3-10-4-6-13(16)15(8-2-7-14)12(10)9-11/h3,5,9H,2,4,6-8H2,1H3. The lowest BCUT2D eigenvalue weighted by Gasteiger charge is -2.29. The van der Waals surface area contributed by atoms with E-state index in [0.29, 0.717) is 6.42 Å². The molecule has 0 saturated carbocycles. The zero-order valence-electron chi connectivity index (χ0n) is 9.91. The van der Waals surface area contributed by atoms with Gasteiger partial charge >= 0.3 is 0 Å². The minimum Gasteiger partial charge on any atom is -0.497 e. The van der Waals surface area contributed by atoms with E-state index in [4.69, 9.17) is 4.74 Å². The maximum absolute atomic E-state index is 11.9. The summed E-state index contributed by atoms with van der Waals surface area (Å²) in [6.07, 6.45) is 2.41. The summed E-state index contributed by atoms with van der Waals surface area (Å²) < 4.78 is 5.22. The third-order valence-corrected chi connectivity index (χ3v) is 3.57. The molecule has 0 atom stereocenters. The van der Waals surface area contributed by atoms with Crippen molar-refractivity contribution in [2.45, 2.75) is 19.3 Å². The number of alkyl halides is 1. The minimum atomic E-state index is 0.215. The lowest BCUT2D eigenvalue weighted by atomic mass is 10.0. The number of carbonyl (C=O) groups is 1. The number of benzene rings is 1. The highest BCUT2D eigenvalue weighted by Gasteiger charge is 2.23. The summed E-state index contributed by atoms with van der Waals surface area (Å²) in [6.45, 7) is 0.768. The molecule has 0 bridgehead atoms. The number of hydrogen-bond acceptors (Lipinski definition) is 2. The molecule has 2 rings (SSSR count). The molecule has 17 heavy (non-hydrogen) atoms. The number of methoxy groups -OCH3 is 1. The van der Waals surface area contributed by atoms with Gasteiger partial charge in [0.1, 0.15) is 5.75 Å². The summed E-state index contributed by atoms with van der Waals surface area (Å²) >= 11 is 3.40. The van der Waals surface area contributed by atoms with E-state index >= 15 is 0 Å². The van der Waals surface area contributed by atoms with Crippen LogP contribution >= 0.6 is 15.9 Å². The van der Waals surface area contributed by atoms with Crippen LogP contribution in [-0.2, 0) is 11.2 Å². The van der Waals surface area contributed by atoms with Crippen molar-refractivity contribution in [2.24, 2.45) is 0 Å². The van der Waals surface area contributed by atoms with Crippen LogP contribution in [0, 0.1) is 0 Å². The van der Waals surface area contributed by atoms with Crippen LogP contribution in [0.1, 0.15) is 18.4 Å². The Morgan fingerprint density at radius 3 is 2.94 bits per heavy atom. The second kappa shape index (κ2) is 5.54. The average molecular weight is 298 g/mol. The van der Waals surface area contributed by atoms with Crippen LogP contribution in [0.2, 0.25) is 0 Å². The molecule has 0 spiro atoms. The summed E-state index contributed by atoms with van der Waals surface area (Å²) in [5.41, 5.74) is 2.25. The smallest absolute Gasteiger partial charge is 0.227 e. The normalized spacial score (nSPS) is 14.7. The molecule has 0 fully saturated rings. The summed E-state index contributed by atoms with van der Waals surface area (Å²) in [5, 5.41) is 0.913. The zero-order chi connectivity index (χ0) is 12.3. The van der Waals surface area contributed by atoms with Crippen molar-refractivity contribution in [3.63, 3.8) is 0 Å². The topological polar surface area (TPSA) is 29.5 Å². The first-order valence-corrected chi connectivity index (χ1v) is 6.91. The summed E-state index contributed by atoms with van der Waals surface area (Å²) in [7, 11) is 1.65. The predicted molar refractivity (Wildman–Crippen MR) is 72.1 cm³/mol. The molecule has 0 saturated heterocycles. The van der Waals surface area contributed by atoms with Crippen molar-refractivity contribution >= 4 is 27.5 Å². The maximum Gasteiger partial charge on any atom is 0.227 e. The number of nitrogens with zero attached hydrogens (tertiary/aromatic N) is 1. The second-order valence-corrected chi connectivity index (χ2v) is 4.88. The molecule has 0 aliphatic carbocycles. The highest BCUT2D eigenvalue weighted by molar-refractivity contribution is 9.09. The molecule has 1 aromatic rings. The van der Waals surface area contributed by atoms with Crippen molar-refractivity contribution in [2.75, 3.05) is 23.9 Å². The van der Waals surface area contributed by atoms with Gasteiger partial charge in [0.05, 0.1) is 12.8 Å². The first-order chi connectivity index (χ1) is 8.26. The molecule has 1 aromatic carbocycles. The van der Waals surface area contributed by atoms with Crippen molar-refractivity contribution in [3.05, 3.63) is 23.8 Å². The van der Waals surface area contributed by atoms with E-state index < -0.39 is 0 Å². The Balaban J connectivity index is 2.31. The van der Waals surface area contributed by atoms with Crippen LogP contribution in [0.5, 0.6) is 5.75 Å². The number of carbonyl (C=O) groups excluding carboxylic acids is 1. The molecule has 0 N–H and O–H groups in total. The Kier molecular flexibility index (Phi) is 4.05. The number of fused-ring (bicyclic) bond motifs is 1. The monoisotopic (exact) mass is 297 g/mol. The van der Waals surface area contributed by atoms with Crippen LogP contribution in [-0.4, -0.2) is 24.9 Å². The fourth-order valence-corrected chi connectivity index (χ4v) is 2.36. The van der Waals surface area contributed by atoms with Crippen LogP contribution in [0.4, 0.5) is 5.69 Å². The van der Waals surface area contributed by atoms with Crippen LogP contribution in [0.3, 0.4) is 0 Å². The van der Waals surface area contributed by atoms with Gasteiger partial charge in [-0.25, -0.2) is 0 Å². The van der Waals surface area contributed by atoms with Crippen molar-refractivity contribution in [3.8, 4) is 5.75 Å². The van der Waals surface area contributed by atoms with Gasteiger partial charge < -0.3 is 9.64 Å². The SMILES string of the molecule is COc1ccc2c(c1)N(CCCBr)C(=O)CC2. The molecule has 4 heteroatoms. The second-order valence-electron chi connectivity index (χ2n) is 4.08. The summed E-state index contributed by atoms with van der Waals surface area (Å²) in [4.78, 5) is 13.8. The van der Waals surface area contributed by atoms with Gasteiger partial charge in [-0.15, -0.1) is 0 Å². The first kappa shape index (κ1) is 12.4. The predicted octanol–water partition coefficient (Wildman–Crippen LogP) is 2.76. The molecule has 0 aromatic heterocycles. The fourth-order valence-electron chi connectivity index (χ4n) is 2.11. The van der Waals surface area contributed by atoms with E-state index in [0.717, 1.165) is 36.2 Å². The van der Waals surface area contributed by atoms with Gasteiger partial charge in [0.25, 0.3) is 0 Å². The molecular formula is C13H16BrNO2. The Hall–Kier alpha value is -1.03. The van der Waals surface area contributed by atoms with E-state index in [1.807, 2.05) is 17.0 Å². The average Bonchev–Trinajstić information content (AvgIpc) is 2.37. The fraction of sp³-hybridized carbons (Fsp3) is 0.462. The number of hydrogen-bond donors (Lipinski definition) is 0. The Bertz CT molecular complexity index is 420. The Labute approximate surface area is 110 Å². The molecule has 3 nitrogen and oxygen atoms in total. The van der Waals surface area contributed by atoms with Crippen LogP contribution in [0.25, 0.3) is 0 Å². The molecule has 1 aliphatic heterocycles. The van der Waals surface area contributed by atoms with Crippen molar-refractivity contribution in [1.29, 1.82) is 0 Å². The van der Waals surface area contributed by atoms with Crippen LogP contribution in [0.15, 0.2) is 18.2 Å². The Morgan fingerprint density at radius 1 is 1.41 bits per heavy atom. The first-order valence-electron chi connectivity index (χ1n) is 5.79. The minimum absolute atomic E-state index is 0.215. The van der Waals surface area contributed by atoms with Gasteiger partial charge in [-0.05, 0) is 24.5 Å². The van der Waals surface area contributed by atoms with Gasteiger partial charge in [0.15, 0.2) is 0 Å². The highest BCUT2D eigenvalue weighted by Crippen LogP contribution is 2.31. The van der Waals surface area contributed by atoms with Gasteiger partial charge in [0, 0.05) is 24.4 Å². The Morgan fingerprint density at radius 2 is 2.24 bits per heavy atom. The molecule has 0 unspecified atom stereocenters. The molecule has 0 radical (unpaired) electrons. The van der Waals surface area contributed by atoms with Crippen molar-refractivity contribution < 1.29 is 9.53 Å². The van der Waals surface area contributed by atoms with E-state index in [2.05, 4.69) is 22.0 Å². The van der Waals surface area contributed by atoms with E-state index in [-0.39, 0.29) is 5.91 Å². The number of halogens is 1. The molecule has 1 heterocycles. The number of aryl methyl sites for hydroxylation is 1. The van der Waals surface area contributed by atoms with Gasteiger partial charge in [0.2, 0.25) is 5.91 Å². The summed E-state index contributed by atoms with van der Waals surface area (Å²) in [5.74, 6) is 1.02. The van der Waals surface area contributed by atoms with E-state index in [9.17, 15) is 4.79 Å².